The Labute approximate surface area is 127 Å². The molecular weight excluding hydrogens is 286 g/mol. The number of amides is 1. The number of carboxylic acids is 1. The smallest absolute Gasteiger partial charge is 0.311 e. The van der Waals surface area contributed by atoms with Crippen LogP contribution >= 0.6 is 11.3 Å². The average Bonchev–Trinajstić information content (AvgIpc) is 3.05. The van der Waals surface area contributed by atoms with E-state index < -0.39 is 11.4 Å². The molecule has 1 aromatic heterocycles. The van der Waals surface area contributed by atoms with Crippen LogP contribution in [-0.2, 0) is 16.0 Å². The van der Waals surface area contributed by atoms with Crippen LogP contribution in [0, 0.1) is 5.41 Å². The molecule has 4 nitrogen and oxygen atoms in total. The molecule has 1 atom stereocenters. The minimum Gasteiger partial charge on any atom is -0.481 e. The maximum Gasteiger partial charge on any atom is 0.311 e. The summed E-state index contributed by atoms with van der Waals surface area (Å²) in [7, 11) is 0. The van der Waals surface area contributed by atoms with Gasteiger partial charge in [-0.2, -0.15) is 0 Å². The average molecular weight is 303 g/mol. The molecule has 1 amide bonds. The molecule has 110 valence electrons. The van der Waals surface area contributed by atoms with Crippen molar-refractivity contribution in [2.24, 2.45) is 5.41 Å². The van der Waals surface area contributed by atoms with E-state index >= 15 is 0 Å². The number of likely N-dealkylation sites (tertiary alicyclic amines) is 1. The first-order valence-electron chi connectivity index (χ1n) is 6.96. The summed E-state index contributed by atoms with van der Waals surface area (Å²) in [6, 6.07) is 8.04. The number of hydrogen-bond donors (Lipinski definition) is 1. The predicted octanol–water partition coefficient (Wildman–Crippen LogP) is 2.77. The van der Waals surface area contributed by atoms with Gasteiger partial charge >= 0.3 is 5.97 Å². The van der Waals surface area contributed by atoms with E-state index in [1.54, 1.807) is 23.2 Å². The first kappa shape index (κ1) is 14.1. The maximum atomic E-state index is 12.4. The van der Waals surface area contributed by atoms with Crippen LogP contribution < -0.4 is 0 Å². The number of fused-ring (bicyclic) bond motifs is 1. The van der Waals surface area contributed by atoms with Crippen molar-refractivity contribution in [3.63, 3.8) is 0 Å². The molecule has 1 unspecified atom stereocenters. The molecule has 1 fully saturated rings. The molecule has 1 N–H and O–H groups in total. The quantitative estimate of drug-likeness (QED) is 0.948. The summed E-state index contributed by atoms with van der Waals surface area (Å²) in [5.74, 6) is -0.803. The first-order valence-corrected chi connectivity index (χ1v) is 7.84. The minimum absolute atomic E-state index is 0.0172. The van der Waals surface area contributed by atoms with Gasteiger partial charge < -0.3 is 10.0 Å². The van der Waals surface area contributed by atoms with E-state index in [9.17, 15) is 14.7 Å². The molecule has 0 radical (unpaired) electrons. The highest BCUT2D eigenvalue weighted by molar-refractivity contribution is 7.17. The number of thiophene rings is 1. The highest BCUT2D eigenvalue weighted by Crippen LogP contribution is 2.31. The number of carboxylic acid groups (broad SMARTS) is 1. The van der Waals surface area contributed by atoms with Crippen molar-refractivity contribution < 1.29 is 14.7 Å². The van der Waals surface area contributed by atoms with E-state index in [0.717, 1.165) is 10.9 Å². The summed E-state index contributed by atoms with van der Waals surface area (Å²) >= 11 is 1.64. The molecule has 1 saturated heterocycles. The van der Waals surface area contributed by atoms with Crippen LogP contribution in [0.2, 0.25) is 0 Å². The molecule has 1 aliphatic heterocycles. The van der Waals surface area contributed by atoms with Gasteiger partial charge in [0.2, 0.25) is 5.91 Å². The predicted molar refractivity (Wildman–Crippen MR) is 82.5 cm³/mol. The Bertz CT molecular complexity index is 708. The van der Waals surface area contributed by atoms with E-state index in [-0.39, 0.29) is 5.91 Å². The molecular formula is C16H17NO3S. The summed E-state index contributed by atoms with van der Waals surface area (Å²) in [5, 5.41) is 12.4. The standard InChI is InChI=1S/C16H17NO3S/c1-16(15(19)20)6-7-17(10-16)14(18)8-11-9-21-13-5-3-2-4-12(11)13/h2-5,9H,6-8,10H2,1H3,(H,19,20). The second kappa shape index (κ2) is 5.15. The molecule has 1 aliphatic rings. The van der Waals surface area contributed by atoms with Crippen molar-refractivity contribution in [1.29, 1.82) is 0 Å². The van der Waals surface area contributed by atoms with Gasteiger partial charge in [-0.15, -0.1) is 11.3 Å². The lowest BCUT2D eigenvalue weighted by Crippen LogP contribution is -2.35. The van der Waals surface area contributed by atoms with Crippen LogP contribution in [0.15, 0.2) is 29.6 Å². The molecule has 3 rings (SSSR count). The summed E-state index contributed by atoms with van der Waals surface area (Å²) in [6.07, 6.45) is 0.873. The molecule has 2 heterocycles. The van der Waals surface area contributed by atoms with Gasteiger partial charge in [0.25, 0.3) is 0 Å². The van der Waals surface area contributed by atoms with Gasteiger partial charge in [0.05, 0.1) is 11.8 Å². The molecule has 2 aromatic rings. The van der Waals surface area contributed by atoms with Gasteiger partial charge in [0.15, 0.2) is 0 Å². The molecule has 1 aromatic carbocycles. The van der Waals surface area contributed by atoms with E-state index in [0.29, 0.717) is 25.9 Å². The lowest BCUT2D eigenvalue weighted by Gasteiger charge is -2.20. The number of hydrogen-bond acceptors (Lipinski definition) is 3. The number of benzene rings is 1. The number of rotatable bonds is 3. The lowest BCUT2D eigenvalue weighted by molar-refractivity contribution is -0.147. The number of carbonyl (C=O) groups excluding carboxylic acids is 1. The third-order valence-corrected chi connectivity index (χ3v) is 5.26. The van der Waals surface area contributed by atoms with Gasteiger partial charge in [-0.1, -0.05) is 18.2 Å². The number of nitrogens with zero attached hydrogens (tertiary/aromatic N) is 1. The molecule has 0 bridgehead atoms. The first-order chi connectivity index (χ1) is 9.99. The SMILES string of the molecule is CC1(C(=O)O)CCN(C(=O)Cc2csc3ccccc23)C1. The fourth-order valence-corrected chi connectivity index (χ4v) is 3.76. The van der Waals surface area contributed by atoms with E-state index in [1.165, 1.54) is 4.70 Å². The van der Waals surface area contributed by atoms with E-state index in [4.69, 9.17) is 0 Å². The number of aliphatic carboxylic acids is 1. The monoisotopic (exact) mass is 303 g/mol. The third-order valence-electron chi connectivity index (χ3n) is 4.25. The Kier molecular flexibility index (Phi) is 3.45. The Morgan fingerprint density at radius 1 is 1.38 bits per heavy atom. The maximum absolute atomic E-state index is 12.4. The highest BCUT2D eigenvalue weighted by atomic mass is 32.1. The molecule has 0 aliphatic carbocycles. The molecule has 21 heavy (non-hydrogen) atoms. The van der Waals surface area contributed by atoms with Crippen LogP contribution in [0.5, 0.6) is 0 Å². The van der Waals surface area contributed by atoms with E-state index in [1.807, 2.05) is 29.6 Å². The summed E-state index contributed by atoms with van der Waals surface area (Å²) in [6.45, 7) is 2.55. The zero-order valence-electron chi connectivity index (χ0n) is 11.8. The normalized spacial score (nSPS) is 21.9. The van der Waals surface area contributed by atoms with Crippen LogP contribution in [0.3, 0.4) is 0 Å². The Hall–Kier alpha value is -1.88. The van der Waals surface area contributed by atoms with Crippen LogP contribution in [0.4, 0.5) is 0 Å². The van der Waals surface area contributed by atoms with Gasteiger partial charge in [0.1, 0.15) is 0 Å². The minimum atomic E-state index is -0.821. The van der Waals surface area contributed by atoms with Crippen LogP contribution in [0.25, 0.3) is 10.1 Å². The largest absolute Gasteiger partial charge is 0.481 e. The molecule has 0 saturated carbocycles. The van der Waals surface area contributed by atoms with Gasteiger partial charge in [-0.3, -0.25) is 9.59 Å². The highest BCUT2D eigenvalue weighted by Gasteiger charge is 2.41. The van der Waals surface area contributed by atoms with Crippen molar-refractivity contribution in [2.45, 2.75) is 19.8 Å². The summed E-state index contributed by atoms with van der Waals surface area (Å²) in [4.78, 5) is 25.3. The molecule has 5 heteroatoms. The second-order valence-electron chi connectivity index (χ2n) is 5.86. The summed E-state index contributed by atoms with van der Waals surface area (Å²) in [5.41, 5.74) is 0.233. The van der Waals surface area contributed by atoms with Gasteiger partial charge in [-0.05, 0) is 35.7 Å². The third kappa shape index (κ3) is 2.53. The number of carbonyl (C=O) groups is 2. The zero-order valence-corrected chi connectivity index (χ0v) is 12.7. The second-order valence-corrected chi connectivity index (χ2v) is 6.78. The molecule has 0 spiro atoms. The summed E-state index contributed by atoms with van der Waals surface area (Å²) < 4.78 is 1.18. The Morgan fingerprint density at radius 2 is 2.14 bits per heavy atom. The van der Waals surface area contributed by atoms with Crippen molar-refractivity contribution in [3.05, 3.63) is 35.2 Å². The fraction of sp³-hybridized carbons (Fsp3) is 0.375. The van der Waals surface area contributed by atoms with Crippen LogP contribution in [-0.4, -0.2) is 35.0 Å². The topological polar surface area (TPSA) is 57.6 Å². The Morgan fingerprint density at radius 3 is 2.86 bits per heavy atom. The van der Waals surface area contributed by atoms with E-state index in [2.05, 4.69) is 0 Å². The van der Waals surface area contributed by atoms with Crippen LogP contribution in [0.1, 0.15) is 18.9 Å². The fourth-order valence-electron chi connectivity index (χ4n) is 2.79. The van der Waals surface area contributed by atoms with Crippen molar-refractivity contribution in [2.75, 3.05) is 13.1 Å². The van der Waals surface area contributed by atoms with Gasteiger partial charge in [-0.25, -0.2) is 0 Å². The lowest BCUT2D eigenvalue weighted by atomic mass is 9.90. The van der Waals surface area contributed by atoms with Crippen molar-refractivity contribution in [1.82, 2.24) is 4.90 Å². The van der Waals surface area contributed by atoms with Crippen molar-refractivity contribution in [3.8, 4) is 0 Å². The Balaban J connectivity index is 1.74. The van der Waals surface area contributed by atoms with Gasteiger partial charge in [0, 0.05) is 17.8 Å². The van der Waals surface area contributed by atoms with Crippen molar-refractivity contribution >= 4 is 33.3 Å². The zero-order chi connectivity index (χ0) is 15.0.